The standard InChI is InChI=1S/C11H15N3O3/c1-8-5-11(13-7-10(8)14(15)16)17-9-3-2-4-12-6-9/h5,7,9,12H,2-4,6H2,1H3/t9-/m0/s1. The summed E-state index contributed by atoms with van der Waals surface area (Å²) in [5, 5.41) is 13.9. The average Bonchev–Trinajstić information content (AvgIpc) is 2.30. The molecule has 1 aliphatic rings. The quantitative estimate of drug-likeness (QED) is 0.635. The van der Waals surface area contributed by atoms with Crippen molar-refractivity contribution in [1.29, 1.82) is 0 Å². The summed E-state index contributed by atoms with van der Waals surface area (Å²) in [6.45, 7) is 3.51. The van der Waals surface area contributed by atoms with Gasteiger partial charge in [0.1, 0.15) is 12.3 Å². The molecule has 0 spiro atoms. The molecule has 0 radical (unpaired) electrons. The molecule has 0 aromatic carbocycles. The number of ether oxygens (including phenoxy) is 1. The van der Waals surface area contributed by atoms with Crippen molar-refractivity contribution in [3.8, 4) is 5.88 Å². The molecule has 0 aliphatic carbocycles. The minimum absolute atomic E-state index is 0.0270. The molecule has 0 bridgehead atoms. The van der Waals surface area contributed by atoms with Crippen LogP contribution in [0.4, 0.5) is 5.69 Å². The van der Waals surface area contributed by atoms with E-state index in [1.54, 1.807) is 13.0 Å². The average molecular weight is 237 g/mol. The number of nitro groups is 1. The van der Waals surface area contributed by atoms with Crippen LogP contribution in [0.15, 0.2) is 12.3 Å². The van der Waals surface area contributed by atoms with Gasteiger partial charge in [-0.25, -0.2) is 4.98 Å². The number of aryl methyl sites for hydroxylation is 1. The lowest BCUT2D eigenvalue weighted by Gasteiger charge is -2.23. The van der Waals surface area contributed by atoms with Crippen molar-refractivity contribution in [2.75, 3.05) is 13.1 Å². The summed E-state index contributed by atoms with van der Waals surface area (Å²) >= 11 is 0. The Balaban J connectivity index is 2.06. The molecule has 6 heteroatoms. The molecule has 1 fully saturated rings. The maximum atomic E-state index is 10.6. The fourth-order valence-corrected chi connectivity index (χ4v) is 1.87. The third kappa shape index (κ3) is 2.91. The van der Waals surface area contributed by atoms with Crippen LogP contribution < -0.4 is 10.1 Å². The van der Waals surface area contributed by atoms with Crippen molar-refractivity contribution < 1.29 is 9.66 Å². The van der Waals surface area contributed by atoms with Gasteiger partial charge in [0.2, 0.25) is 5.88 Å². The molecule has 92 valence electrons. The summed E-state index contributed by atoms with van der Waals surface area (Å²) in [7, 11) is 0. The first-order chi connectivity index (χ1) is 8.16. The van der Waals surface area contributed by atoms with Crippen LogP contribution in [0.3, 0.4) is 0 Å². The molecular formula is C11H15N3O3. The Hall–Kier alpha value is -1.69. The zero-order valence-corrected chi connectivity index (χ0v) is 9.68. The van der Waals surface area contributed by atoms with Crippen LogP contribution in [0.25, 0.3) is 0 Å². The highest BCUT2D eigenvalue weighted by atomic mass is 16.6. The van der Waals surface area contributed by atoms with E-state index < -0.39 is 4.92 Å². The Morgan fingerprint density at radius 3 is 3.06 bits per heavy atom. The predicted molar refractivity (Wildman–Crippen MR) is 62.1 cm³/mol. The zero-order valence-electron chi connectivity index (χ0n) is 9.68. The van der Waals surface area contributed by atoms with Crippen LogP contribution in [0.5, 0.6) is 5.88 Å². The van der Waals surface area contributed by atoms with Gasteiger partial charge < -0.3 is 10.1 Å². The van der Waals surface area contributed by atoms with E-state index in [2.05, 4.69) is 10.3 Å². The van der Waals surface area contributed by atoms with Crippen LogP contribution in [0.2, 0.25) is 0 Å². The fourth-order valence-electron chi connectivity index (χ4n) is 1.87. The van der Waals surface area contributed by atoms with E-state index in [-0.39, 0.29) is 11.8 Å². The second-order valence-electron chi connectivity index (χ2n) is 4.15. The van der Waals surface area contributed by atoms with Crippen molar-refractivity contribution >= 4 is 5.69 Å². The third-order valence-electron chi connectivity index (χ3n) is 2.79. The molecule has 1 saturated heterocycles. The SMILES string of the molecule is Cc1cc(O[C@H]2CCCNC2)ncc1[N+](=O)[O-]. The maximum absolute atomic E-state index is 10.6. The van der Waals surface area contributed by atoms with Crippen molar-refractivity contribution in [2.24, 2.45) is 0 Å². The summed E-state index contributed by atoms with van der Waals surface area (Å²) in [4.78, 5) is 14.2. The Bertz CT molecular complexity index is 416. The van der Waals surface area contributed by atoms with Gasteiger partial charge in [-0.15, -0.1) is 0 Å². The second kappa shape index (κ2) is 5.09. The minimum atomic E-state index is -0.436. The van der Waals surface area contributed by atoms with Gasteiger partial charge in [0, 0.05) is 18.2 Å². The Labute approximate surface area is 99.2 Å². The molecule has 1 aliphatic heterocycles. The van der Waals surface area contributed by atoms with Gasteiger partial charge in [0.25, 0.3) is 5.69 Å². The molecule has 1 aromatic rings. The highest BCUT2D eigenvalue weighted by molar-refractivity contribution is 5.39. The van der Waals surface area contributed by atoms with Gasteiger partial charge in [-0.2, -0.15) is 0 Å². The van der Waals surface area contributed by atoms with Crippen molar-refractivity contribution in [3.63, 3.8) is 0 Å². The second-order valence-corrected chi connectivity index (χ2v) is 4.15. The van der Waals surface area contributed by atoms with Gasteiger partial charge in [-0.1, -0.05) is 0 Å². The highest BCUT2D eigenvalue weighted by Crippen LogP contribution is 2.21. The van der Waals surface area contributed by atoms with Crippen LogP contribution >= 0.6 is 0 Å². The van der Waals surface area contributed by atoms with Crippen LogP contribution in [-0.4, -0.2) is 29.1 Å². The fraction of sp³-hybridized carbons (Fsp3) is 0.545. The van der Waals surface area contributed by atoms with Gasteiger partial charge in [-0.05, 0) is 26.3 Å². The molecular weight excluding hydrogens is 222 g/mol. The summed E-state index contributed by atoms with van der Waals surface area (Å²) < 4.78 is 5.67. The Morgan fingerprint density at radius 2 is 2.47 bits per heavy atom. The number of nitrogens with zero attached hydrogens (tertiary/aromatic N) is 2. The van der Waals surface area contributed by atoms with E-state index in [9.17, 15) is 10.1 Å². The first-order valence-electron chi connectivity index (χ1n) is 5.65. The lowest BCUT2D eigenvalue weighted by Crippen LogP contribution is -2.37. The summed E-state index contributed by atoms with van der Waals surface area (Å²) in [5.41, 5.74) is 0.600. The van der Waals surface area contributed by atoms with Crippen molar-refractivity contribution in [2.45, 2.75) is 25.9 Å². The largest absolute Gasteiger partial charge is 0.473 e. The third-order valence-corrected chi connectivity index (χ3v) is 2.79. The molecule has 17 heavy (non-hydrogen) atoms. The number of hydrogen-bond acceptors (Lipinski definition) is 5. The number of piperidine rings is 1. The van der Waals surface area contributed by atoms with Crippen LogP contribution in [0.1, 0.15) is 18.4 Å². The summed E-state index contributed by atoms with van der Waals surface area (Å²) in [5.74, 6) is 0.460. The van der Waals surface area contributed by atoms with E-state index in [0.29, 0.717) is 11.4 Å². The molecule has 0 saturated carbocycles. The molecule has 1 aromatic heterocycles. The highest BCUT2D eigenvalue weighted by Gasteiger charge is 2.17. The van der Waals surface area contributed by atoms with E-state index in [4.69, 9.17) is 4.74 Å². The van der Waals surface area contributed by atoms with Gasteiger partial charge in [0.05, 0.1) is 4.92 Å². The lowest BCUT2D eigenvalue weighted by molar-refractivity contribution is -0.385. The van der Waals surface area contributed by atoms with Crippen molar-refractivity contribution in [3.05, 3.63) is 27.9 Å². The van der Waals surface area contributed by atoms with Gasteiger partial charge in [0.15, 0.2) is 0 Å². The summed E-state index contributed by atoms with van der Waals surface area (Å²) in [6, 6.07) is 1.62. The van der Waals surface area contributed by atoms with E-state index in [0.717, 1.165) is 25.9 Å². The normalized spacial score (nSPS) is 19.9. The lowest BCUT2D eigenvalue weighted by atomic mass is 10.1. The van der Waals surface area contributed by atoms with E-state index in [1.165, 1.54) is 6.20 Å². The number of pyridine rings is 1. The molecule has 0 unspecified atom stereocenters. The van der Waals surface area contributed by atoms with Gasteiger partial charge in [-0.3, -0.25) is 10.1 Å². The topological polar surface area (TPSA) is 77.3 Å². The predicted octanol–water partition coefficient (Wildman–Crippen LogP) is 1.43. The van der Waals surface area contributed by atoms with Crippen molar-refractivity contribution in [1.82, 2.24) is 10.3 Å². The van der Waals surface area contributed by atoms with Crippen LogP contribution in [0, 0.1) is 17.0 Å². The Kier molecular flexibility index (Phi) is 3.53. The first-order valence-corrected chi connectivity index (χ1v) is 5.65. The molecule has 1 atom stereocenters. The van der Waals surface area contributed by atoms with Gasteiger partial charge >= 0.3 is 0 Å². The monoisotopic (exact) mass is 237 g/mol. The smallest absolute Gasteiger partial charge is 0.290 e. The number of aromatic nitrogens is 1. The van der Waals surface area contributed by atoms with E-state index in [1.807, 2.05) is 0 Å². The van der Waals surface area contributed by atoms with E-state index >= 15 is 0 Å². The first kappa shape index (κ1) is 11.8. The molecule has 6 nitrogen and oxygen atoms in total. The maximum Gasteiger partial charge on any atom is 0.290 e. The number of hydrogen-bond donors (Lipinski definition) is 1. The number of rotatable bonds is 3. The molecule has 2 rings (SSSR count). The number of nitrogens with one attached hydrogen (secondary N) is 1. The molecule has 0 amide bonds. The zero-order chi connectivity index (χ0) is 12.3. The molecule has 2 heterocycles. The summed E-state index contributed by atoms with van der Waals surface area (Å²) in [6.07, 6.45) is 3.43. The minimum Gasteiger partial charge on any atom is -0.473 e. The molecule has 1 N–H and O–H groups in total. The van der Waals surface area contributed by atoms with Crippen LogP contribution in [-0.2, 0) is 0 Å². The Morgan fingerprint density at radius 1 is 1.65 bits per heavy atom.